The van der Waals surface area contributed by atoms with Crippen molar-refractivity contribution in [2.75, 3.05) is 0 Å². The van der Waals surface area contributed by atoms with Gasteiger partial charge in [0.15, 0.2) is 0 Å². The molecule has 2 heteroatoms. The minimum absolute atomic E-state index is 0.353. The molecule has 19 heavy (non-hydrogen) atoms. The molecule has 2 aromatic rings. The van der Waals surface area contributed by atoms with Crippen molar-refractivity contribution in [3.63, 3.8) is 0 Å². The van der Waals surface area contributed by atoms with Crippen LogP contribution in [0.5, 0.6) is 0 Å². The molecule has 1 unspecified atom stereocenters. The SMILES string of the molecule is OC(CCC1CCCC1)c1cccc2ncccc12. The van der Waals surface area contributed by atoms with Crippen molar-refractivity contribution in [3.05, 3.63) is 42.1 Å². The number of rotatable bonds is 4. The van der Waals surface area contributed by atoms with Crippen LogP contribution in [0.2, 0.25) is 0 Å². The lowest BCUT2D eigenvalue weighted by Crippen LogP contribution is -2.02. The Labute approximate surface area is 114 Å². The Kier molecular flexibility index (Phi) is 3.79. The molecule has 0 aliphatic heterocycles. The molecule has 1 aromatic heterocycles. The molecule has 1 heterocycles. The van der Waals surface area contributed by atoms with Crippen LogP contribution in [0.15, 0.2) is 36.5 Å². The van der Waals surface area contributed by atoms with E-state index < -0.39 is 0 Å². The minimum atomic E-state index is -0.353. The van der Waals surface area contributed by atoms with E-state index in [4.69, 9.17) is 0 Å². The molecule has 0 amide bonds. The monoisotopic (exact) mass is 255 g/mol. The van der Waals surface area contributed by atoms with Crippen LogP contribution in [-0.2, 0) is 0 Å². The third kappa shape index (κ3) is 2.79. The van der Waals surface area contributed by atoms with Crippen molar-refractivity contribution in [2.24, 2.45) is 5.92 Å². The number of aliphatic hydroxyl groups excluding tert-OH is 1. The molecule has 1 fully saturated rings. The van der Waals surface area contributed by atoms with Crippen LogP contribution in [-0.4, -0.2) is 10.1 Å². The minimum Gasteiger partial charge on any atom is -0.388 e. The van der Waals surface area contributed by atoms with Gasteiger partial charge in [-0.1, -0.05) is 43.9 Å². The molecule has 1 aliphatic rings. The number of nitrogens with zero attached hydrogens (tertiary/aromatic N) is 1. The lowest BCUT2D eigenvalue weighted by atomic mass is 9.94. The number of fused-ring (bicyclic) bond motifs is 1. The van der Waals surface area contributed by atoms with Gasteiger partial charge in [-0.3, -0.25) is 4.98 Å². The number of aliphatic hydroxyl groups is 1. The van der Waals surface area contributed by atoms with E-state index in [1.807, 2.05) is 24.3 Å². The summed E-state index contributed by atoms with van der Waals surface area (Å²) in [5.74, 6) is 0.836. The highest BCUT2D eigenvalue weighted by Gasteiger charge is 2.18. The lowest BCUT2D eigenvalue weighted by molar-refractivity contribution is 0.158. The van der Waals surface area contributed by atoms with Gasteiger partial charge in [0.05, 0.1) is 11.6 Å². The highest BCUT2D eigenvalue weighted by molar-refractivity contribution is 5.82. The van der Waals surface area contributed by atoms with Crippen LogP contribution < -0.4 is 0 Å². The van der Waals surface area contributed by atoms with Gasteiger partial charge in [0.25, 0.3) is 0 Å². The van der Waals surface area contributed by atoms with Gasteiger partial charge in [-0.2, -0.15) is 0 Å². The molecule has 3 rings (SSSR count). The first-order valence-electron chi connectivity index (χ1n) is 7.36. The van der Waals surface area contributed by atoms with Crippen molar-refractivity contribution < 1.29 is 5.11 Å². The number of hydrogen-bond acceptors (Lipinski definition) is 2. The first-order chi connectivity index (χ1) is 9.34. The molecule has 1 aliphatic carbocycles. The molecular weight excluding hydrogens is 234 g/mol. The van der Waals surface area contributed by atoms with E-state index in [9.17, 15) is 5.11 Å². The van der Waals surface area contributed by atoms with Crippen LogP contribution in [0.1, 0.15) is 50.2 Å². The predicted molar refractivity (Wildman–Crippen MR) is 77.9 cm³/mol. The van der Waals surface area contributed by atoms with Gasteiger partial charge in [-0.05, 0) is 36.5 Å². The van der Waals surface area contributed by atoms with Crippen molar-refractivity contribution in [1.82, 2.24) is 4.98 Å². The molecule has 0 bridgehead atoms. The Morgan fingerprint density at radius 3 is 2.84 bits per heavy atom. The summed E-state index contributed by atoms with van der Waals surface area (Å²) in [6, 6.07) is 10.0. The topological polar surface area (TPSA) is 33.1 Å². The van der Waals surface area contributed by atoms with Gasteiger partial charge in [0.1, 0.15) is 0 Å². The molecule has 0 spiro atoms. The van der Waals surface area contributed by atoms with E-state index >= 15 is 0 Å². The van der Waals surface area contributed by atoms with E-state index in [1.54, 1.807) is 6.20 Å². The highest BCUT2D eigenvalue weighted by Crippen LogP contribution is 2.32. The van der Waals surface area contributed by atoms with Crippen LogP contribution in [0.25, 0.3) is 10.9 Å². The zero-order chi connectivity index (χ0) is 13.1. The molecule has 1 saturated carbocycles. The van der Waals surface area contributed by atoms with Crippen molar-refractivity contribution >= 4 is 10.9 Å². The zero-order valence-electron chi connectivity index (χ0n) is 11.3. The standard InChI is InChI=1S/C17H21NO/c19-17(11-10-13-5-1-2-6-13)15-7-3-9-16-14(15)8-4-12-18-16/h3-4,7-9,12-13,17,19H,1-2,5-6,10-11H2. The third-order valence-corrected chi connectivity index (χ3v) is 4.36. The summed E-state index contributed by atoms with van der Waals surface area (Å²) >= 11 is 0. The second kappa shape index (κ2) is 5.70. The average Bonchev–Trinajstić information content (AvgIpc) is 2.97. The third-order valence-electron chi connectivity index (χ3n) is 4.36. The maximum absolute atomic E-state index is 10.5. The summed E-state index contributed by atoms with van der Waals surface area (Å²) in [4.78, 5) is 4.35. The number of hydrogen-bond donors (Lipinski definition) is 1. The first-order valence-corrected chi connectivity index (χ1v) is 7.36. The van der Waals surface area contributed by atoms with Gasteiger partial charge in [-0.15, -0.1) is 0 Å². The summed E-state index contributed by atoms with van der Waals surface area (Å²) in [5.41, 5.74) is 2.00. The van der Waals surface area contributed by atoms with E-state index in [2.05, 4.69) is 11.1 Å². The average molecular weight is 255 g/mol. The Hall–Kier alpha value is -1.41. The largest absolute Gasteiger partial charge is 0.388 e. The molecule has 1 atom stereocenters. The van der Waals surface area contributed by atoms with E-state index in [-0.39, 0.29) is 6.10 Å². The molecule has 0 saturated heterocycles. The van der Waals surface area contributed by atoms with Crippen molar-refractivity contribution in [1.29, 1.82) is 0 Å². The smallest absolute Gasteiger partial charge is 0.0796 e. The molecular formula is C17H21NO. The van der Waals surface area contributed by atoms with Crippen LogP contribution in [0, 0.1) is 5.92 Å². The highest BCUT2D eigenvalue weighted by atomic mass is 16.3. The Morgan fingerprint density at radius 2 is 2.00 bits per heavy atom. The van der Waals surface area contributed by atoms with E-state index in [0.717, 1.165) is 35.2 Å². The molecule has 1 N–H and O–H groups in total. The maximum Gasteiger partial charge on any atom is 0.0796 e. The van der Waals surface area contributed by atoms with Gasteiger partial charge >= 0.3 is 0 Å². The Balaban J connectivity index is 1.75. The van der Waals surface area contributed by atoms with Crippen molar-refractivity contribution in [2.45, 2.75) is 44.6 Å². The second-order valence-corrected chi connectivity index (χ2v) is 5.66. The van der Waals surface area contributed by atoms with Gasteiger partial charge in [0, 0.05) is 11.6 Å². The van der Waals surface area contributed by atoms with Crippen molar-refractivity contribution in [3.8, 4) is 0 Å². The summed E-state index contributed by atoms with van der Waals surface area (Å²) in [6.07, 6.45) is 8.92. The lowest BCUT2D eigenvalue weighted by Gasteiger charge is -2.15. The maximum atomic E-state index is 10.5. The van der Waals surface area contributed by atoms with Gasteiger partial charge in [-0.25, -0.2) is 0 Å². The zero-order valence-corrected chi connectivity index (χ0v) is 11.3. The summed E-state index contributed by atoms with van der Waals surface area (Å²) in [7, 11) is 0. The van der Waals surface area contributed by atoms with E-state index in [1.165, 1.54) is 25.7 Å². The van der Waals surface area contributed by atoms with Crippen LogP contribution >= 0.6 is 0 Å². The number of benzene rings is 1. The Morgan fingerprint density at radius 1 is 1.16 bits per heavy atom. The fraction of sp³-hybridized carbons (Fsp3) is 0.471. The van der Waals surface area contributed by atoms with E-state index in [0.29, 0.717) is 0 Å². The second-order valence-electron chi connectivity index (χ2n) is 5.66. The Bertz CT molecular complexity index is 540. The summed E-state index contributed by atoms with van der Waals surface area (Å²) in [6.45, 7) is 0. The fourth-order valence-electron chi connectivity index (χ4n) is 3.27. The normalized spacial score (nSPS) is 17.9. The fourth-order valence-corrected chi connectivity index (χ4v) is 3.27. The van der Waals surface area contributed by atoms with Gasteiger partial charge < -0.3 is 5.11 Å². The summed E-state index contributed by atoms with van der Waals surface area (Å²) in [5, 5.41) is 11.5. The summed E-state index contributed by atoms with van der Waals surface area (Å²) < 4.78 is 0. The number of pyridine rings is 1. The molecule has 1 aromatic carbocycles. The first kappa shape index (κ1) is 12.6. The van der Waals surface area contributed by atoms with Crippen LogP contribution in [0.4, 0.5) is 0 Å². The predicted octanol–water partition coefficient (Wildman–Crippen LogP) is 4.24. The molecule has 0 radical (unpaired) electrons. The molecule has 100 valence electrons. The molecule has 2 nitrogen and oxygen atoms in total. The van der Waals surface area contributed by atoms with Gasteiger partial charge in [0.2, 0.25) is 0 Å². The number of aromatic nitrogens is 1. The quantitative estimate of drug-likeness (QED) is 0.886. The van der Waals surface area contributed by atoms with Crippen LogP contribution in [0.3, 0.4) is 0 Å².